The Kier molecular flexibility index (Phi) is 5.76. The van der Waals surface area contributed by atoms with Gasteiger partial charge in [-0.3, -0.25) is 9.59 Å². The van der Waals surface area contributed by atoms with Gasteiger partial charge in [-0.1, -0.05) is 30.3 Å². The summed E-state index contributed by atoms with van der Waals surface area (Å²) in [5.41, 5.74) is 3.97. The molecule has 2 unspecified atom stereocenters. The number of amides is 2. The lowest BCUT2D eigenvalue weighted by Gasteiger charge is -2.26. The molecule has 1 aliphatic heterocycles. The van der Waals surface area contributed by atoms with Gasteiger partial charge in [-0.05, 0) is 49.1 Å². The topological polar surface area (TPSA) is 79.5 Å². The molecule has 1 aliphatic rings. The zero-order chi connectivity index (χ0) is 19.4. The van der Waals surface area contributed by atoms with Gasteiger partial charge in [0.25, 0.3) is 0 Å². The summed E-state index contributed by atoms with van der Waals surface area (Å²) in [5.74, 6) is 0.116. The maximum Gasteiger partial charge on any atom is 0.246 e. The van der Waals surface area contributed by atoms with Crippen molar-refractivity contribution < 1.29 is 14.3 Å². The second-order valence-electron chi connectivity index (χ2n) is 6.83. The van der Waals surface area contributed by atoms with E-state index >= 15 is 0 Å². The third kappa shape index (κ3) is 4.46. The maximum atomic E-state index is 12.6. The van der Waals surface area contributed by atoms with E-state index in [-0.39, 0.29) is 17.9 Å². The molecule has 6 nitrogen and oxygen atoms in total. The molecule has 2 amide bonds. The highest BCUT2D eigenvalue weighted by Gasteiger charge is 2.26. The van der Waals surface area contributed by atoms with Gasteiger partial charge >= 0.3 is 0 Å². The van der Waals surface area contributed by atoms with Crippen molar-refractivity contribution in [2.24, 2.45) is 0 Å². The molecule has 0 spiro atoms. The Morgan fingerprint density at radius 1 is 1.19 bits per heavy atom. The summed E-state index contributed by atoms with van der Waals surface area (Å²) in [5, 5.41) is 8.86. The first-order valence-corrected chi connectivity index (χ1v) is 9.04. The minimum Gasteiger partial charge on any atom is -0.495 e. The average molecular weight is 367 g/mol. The minimum absolute atomic E-state index is 0.177. The first-order chi connectivity index (χ1) is 13.0. The summed E-state index contributed by atoms with van der Waals surface area (Å²) in [4.78, 5) is 25.1. The van der Waals surface area contributed by atoms with Crippen molar-refractivity contribution in [2.75, 3.05) is 12.4 Å². The molecular formula is C21H25N3O3. The Labute approximate surface area is 159 Å². The van der Waals surface area contributed by atoms with E-state index in [1.165, 1.54) is 5.56 Å². The predicted octanol–water partition coefficient (Wildman–Crippen LogP) is 2.16. The molecule has 0 aromatic heterocycles. The number of ether oxygens (including phenoxy) is 1. The Bertz CT molecular complexity index is 850. The Balaban J connectivity index is 1.60. The molecule has 6 heteroatoms. The van der Waals surface area contributed by atoms with Gasteiger partial charge < -0.3 is 20.7 Å². The van der Waals surface area contributed by atoms with E-state index in [1.807, 2.05) is 37.3 Å². The van der Waals surface area contributed by atoms with Crippen molar-refractivity contribution in [3.8, 4) is 5.75 Å². The van der Waals surface area contributed by atoms with Crippen LogP contribution in [0, 0.1) is 6.92 Å². The first-order valence-electron chi connectivity index (χ1n) is 9.04. The number of carbonyl (C=O) groups excluding carboxylic acids is 2. The van der Waals surface area contributed by atoms with E-state index in [4.69, 9.17) is 4.74 Å². The van der Waals surface area contributed by atoms with E-state index < -0.39 is 6.04 Å². The Hall–Kier alpha value is -2.86. The fraction of sp³-hybridized carbons (Fsp3) is 0.333. The number of methoxy groups -OCH3 is 1. The van der Waals surface area contributed by atoms with Gasteiger partial charge in [0.15, 0.2) is 0 Å². The zero-order valence-electron chi connectivity index (χ0n) is 15.8. The van der Waals surface area contributed by atoms with Crippen LogP contribution in [0.5, 0.6) is 5.75 Å². The van der Waals surface area contributed by atoms with Crippen LogP contribution in [0.15, 0.2) is 42.5 Å². The lowest BCUT2D eigenvalue weighted by molar-refractivity contribution is -0.127. The summed E-state index contributed by atoms with van der Waals surface area (Å²) >= 11 is 0. The van der Waals surface area contributed by atoms with Crippen LogP contribution in [0.1, 0.15) is 23.6 Å². The number of carbonyl (C=O) groups is 2. The van der Waals surface area contributed by atoms with Crippen molar-refractivity contribution in [3.63, 3.8) is 0 Å². The minimum atomic E-state index is -0.665. The van der Waals surface area contributed by atoms with Gasteiger partial charge in [0.1, 0.15) is 11.8 Å². The van der Waals surface area contributed by atoms with E-state index in [2.05, 4.69) is 22.0 Å². The molecule has 0 saturated heterocycles. The average Bonchev–Trinajstić information content (AvgIpc) is 2.67. The highest BCUT2D eigenvalue weighted by molar-refractivity contribution is 5.98. The number of nitrogens with one attached hydrogen (secondary N) is 3. The van der Waals surface area contributed by atoms with Gasteiger partial charge in [0, 0.05) is 6.54 Å². The van der Waals surface area contributed by atoms with Crippen LogP contribution in [0.25, 0.3) is 0 Å². The van der Waals surface area contributed by atoms with Crippen molar-refractivity contribution in [1.82, 2.24) is 10.6 Å². The quantitative estimate of drug-likeness (QED) is 0.757. The standard InChI is InChI=1S/C21H25N3O3/c1-13-8-9-19(27-3)17(10-13)24-20(25)14(2)23-21(26)18-11-15-6-4-5-7-16(15)12-22-18/h4-10,14,18,22H,11-12H2,1-3H3,(H,23,26)(H,24,25). The third-order valence-electron chi connectivity index (χ3n) is 4.76. The van der Waals surface area contributed by atoms with Crippen LogP contribution in [0.2, 0.25) is 0 Å². The van der Waals surface area contributed by atoms with Crippen molar-refractivity contribution in [2.45, 2.75) is 38.9 Å². The van der Waals surface area contributed by atoms with Crippen LogP contribution in [0.4, 0.5) is 5.69 Å². The van der Waals surface area contributed by atoms with Crippen LogP contribution in [0.3, 0.4) is 0 Å². The van der Waals surface area contributed by atoms with E-state index in [0.717, 1.165) is 11.1 Å². The van der Waals surface area contributed by atoms with Crippen LogP contribution < -0.4 is 20.7 Å². The summed E-state index contributed by atoms with van der Waals surface area (Å²) in [6, 6.07) is 12.6. The molecular weight excluding hydrogens is 342 g/mol. The fourth-order valence-electron chi connectivity index (χ4n) is 3.18. The summed E-state index contributed by atoms with van der Waals surface area (Å²) < 4.78 is 5.28. The second kappa shape index (κ2) is 8.22. The van der Waals surface area contributed by atoms with Crippen molar-refractivity contribution in [1.29, 1.82) is 0 Å². The fourth-order valence-corrected chi connectivity index (χ4v) is 3.18. The SMILES string of the molecule is COc1ccc(C)cc1NC(=O)C(C)NC(=O)C1Cc2ccccc2CN1. The number of hydrogen-bond donors (Lipinski definition) is 3. The number of fused-ring (bicyclic) bond motifs is 1. The number of aryl methyl sites for hydroxylation is 1. The van der Waals surface area contributed by atoms with E-state index in [9.17, 15) is 9.59 Å². The van der Waals surface area contributed by atoms with E-state index in [1.54, 1.807) is 20.1 Å². The highest BCUT2D eigenvalue weighted by Crippen LogP contribution is 2.25. The van der Waals surface area contributed by atoms with Gasteiger partial charge in [-0.15, -0.1) is 0 Å². The zero-order valence-corrected chi connectivity index (χ0v) is 15.8. The predicted molar refractivity (Wildman–Crippen MR) is 105 cm³/mol. The molecule has 0 bridgehead atoms. The monoisotopic (exact) mass is 367 g/mol. The van der Waals surface area contributed by atoms with Gasteiger partial charge in [0.05, 0.1) is 18.8 Å². The van der Waals surface area contributed by atoms with Crippen LogP contribution in [-0.2, 0) is 22.6 Å². The number of benzene rings is 2. The molecule has 2 atom stereocenters. The largest absolute Gasteiger partial charge is 0.495 e. The molecule has 0 radical (unpaired) electrons. The Morgan fingerprint density at radius 3 is 2.67 bits per heavy atom. The van der Waals surface area contributed by atoms with Crippen LogP contribution in [-0.4, -0.2) is 31.0 Å². The van der Waals surface area contributed by atoms with Crippen molar-refractivity contribution in [3.05, 3.63) is 59.2 Å². The second-order valence-corrected chi connectivity index (χ2v) is 6.83. The lowest BCUT2D eigenvalue weighted by atomic mass is 9.95. The first kappa shape index (κ1) is 18.9. The number of hydrogen-bond acceptors (Lipinski definition) is 4. The maximum absolute atomic E-state index is 12.6. The molecule has 3 N–H and O–H groups in total. The van der Waals surface area contributed by atoms with Gasteiger partial charge in [-0.25, -0.2) is 0 Å². The third-order valence-corrected chi connectivity index (χ3v) is 4.76. The molecule has 2 aromatic carbocycles. The normalized spacial score (nSPS) is 16.8. The molecule has 27 heavy (non-hydrogen) atoms. The van der Waals surface area contributed by atoms with E-state index in [0.29, 0.717) is 24.4 Å². The molecule has 0 saturated carbocycles. The lowest BCUT2D eigenvalue weighted by Crippen LogP contribution is -2.52. The molecule has 1 heterocycles. The number of rotatable bonds is 5. The smallest absolute Gasteiger partial charge is 0.246 e. The molecule has 3 rings (SSSR count). The molecule has 0 aliphatic carbocycles. The van der Waals surface area contributed by atoms with Crippen molar-refractivity contribution >= 4 is 17.5 Å². The number of anilines is 1. The van der Waals surface area contributed by atoms with Gasteiger partial charge in [0.2, 0.25) is 11.8 Å². The molecule has 142 valence electrons. The van der Waals surface area contributed by atoms with Gasteiger partial charge in [-0.2, -0.15) is 0 Å². The Morgan fingerprint density at radius 2 is 1.93 bits per heavy atom. The van der Waals surface area contributed by atoms with Crippen LogP contribution >= 0.6 is 0 Å². The summed E-state index contributed by atoms with van der Waals surface area (Å²) in [7, 11) is 1.55. The summed E-state index contributed by atoms with van der Waals surface area (Å²) in [6.45, 7) is 4.26. The summed E-state index contributed by atoms with van der Waals surface area (Å²) in [6.07, 6.45) is 0.613. The molecule has 2 aromatic rings. The molecule has 0 fully saturated rings. The highest BCUT2D eigenvalue weighted by atomic mass is 16.5.